The van der Waals surface area contributed by atoms with Crippen molar-refractivity contribution in [2.75, 3.05) is 25.1 Å². The molecular formula is C28H31ClN6O4. The Bertz CT molecular complexity index is 1380. The van der Waals surface area contributed by atoms with Crippen molar-refractivity contribution in [2.45, 2.75) is 51.4 Å². The molecule has 0 spiro atoms. The molecule has 1 aromatic carbocycles. The SMILES string of the molecule is Cc1cccc(C(NC(=O)CN2Cc3ccc(-c4nc(NC5CCOCC5)ncc4Cl)cc3C2=O)C(C)O)n1. The van der Waals surface area contributed by atoms with Crippen LogP contribution in [-0.4, -0.2) is 68.7 Å². The minimum absolute atomic E-state index is 0.148. The standard InChI is InChI=1S/C28H31ClN6O4/c1-16-4-3-5-23(31-16)25(17(2)36)33-24(37)15-35-14-19-7-6-18(12-21(19)27(35)38)26-22(29)13-30-28(34-26)32-20-8-10-39-11-9-20/h3-7,12-13,17,20,25,36H,8-11,14-15H2,1-2H3,(H,33,37)(H,30,32,34). The molecule has 1 saturated heterocycles. The van der Waals surface area contributed by atoms with Gasteiger partial charge in [-0.05, 0) is 50.5 Å². The number of benzene rings is 1. The molecule has 5 rings (SSSR count). The largest absolute Gasteiger partial charge is 0.391 e. The van der Waals surface area contributed by atoms with E-state index in [4.69, 9.17) is 16.3 Å². The van der Waals surface area contributed by atoms with E-state index < -0.39 is 12.1 Å². The van der Waals surface area contributed by atoms with E-state index in [1.165, 1.54) is 4.90 Å². The van der Waals surface area contributed by atoms with E-state index in [0.29, 0.717) is 53.2 Å². The Morgan fingerprint density at radius 2 is 2.03 bits per heavy atom. The summed E-state index contributed by atoms with van der Waals surface area (Å²) in [5, 5.41) is 16.8. The number of carbonyl (C=O) groups excluding carboxylic acids is 2. The molecule has 2 unspecified atom stereocenters. The van der Waals surface area contributed by atoms with Crippen molar-refractivity contribution in [1.29, 1.82) is 0 Å². The van der Waals surface area contributed by atoms with E-state index in [0.717, 1.165) is 24.1 Å². The van der Waals surface area contributed by atoms with Crippen LogP contribution in [0.1, 0.15) is 53.1 Å². The average Bonchev–Trinajstić information content (AvgIpc) is 3.23. The van der Waals surface area contributed by atoms with Crippen molar-refractivity contribution < 1.29 is 19.4 Å². The fourth-order valence-corrected chi connectivity index (χ4v) is 5.07. The van der Waals surface area contributed by atoms with Crippen molar-refractivity contribution in [3.05, 3.63) is 70.1 Å². The summed E-state index contributed by atoms with van der Waals surface area (Å²) in [4.78, 5) is 41.0. The van der Waals surface area contributed by atoms with E-state index in [9.17, 15) is 14.7 Å². The third-order valence-corrected chi connectivity index (χ3v) is 7.20. The highest BCUT2D eigenvalue weighted by Gasteiger charge is 2.31. The molecule has 11 heteroatoms. The Morgan fingerprint density at radius 3 is 2.77 bits per heavy atom. The highest BCUT2D eigenvalue weighted by atomic mass is 35.5. The minimum Gasteiger partial charge on any atom is -0.391 e. The van der Waals surface area contributed by atoms with Crippen LogP contribution < -0.4 is 10.6 Å². The third-order valence-electron chi connectivity index (χ3n) is 6.92. The number of fused-ring (bicyclic) bond motifs is 1. The first kappa shape index (κ1) is 27.0. The van der Waals surface area contributed by atoms with Crippen molar-refractivity contribution in [2.24, 2.45) is 0 Å². The first-order valence-electron chi connectivity index (χ1n) is 13.0. The summed E-state index contributed by atoms with van der Waals surface area (Å²) in [6.45, 7) is 4.99. The number of aryl methyl sites for hydroxylation is 1. The molecule has 0 bridgehead atoms. The summed E-state index contributed by atoms with van der Waals surface area (Å²) in [6, 6.07) is 10.5. The van der Waals surface area contributed by atoms with Crippen LogP contribution in [0.2, 0.25) is 5.02 Å². The zero-order valence-electron chi connectivity index (χ0n) is 21.9. The number of nitrogens with one attached hydrogen (secondary N) is 2. The molecule has 3 N–H and O–H groups in total. The molecular weight excluding hydrogens is 520 g/mol. The van der Waals surface area contributed by atoms with Crippen LogP contribution in [0.25, 0.3) is 11.3 Å². The van der Waals surface area contributed by atoms with Gasteiger partial charge in [-0.3, -0.25) is 14.6 Å². The smallest absolute Gasteiger partial charge is 0.254 e. The van der Waals surface area contributed by atoms with Crippen LogP contribution in [0.3, 0.4) is 0 Å². The molecule has 2 atom stereocenters. The summed E-state index contributed by atoms with van der Waals surface area (Å²) in [7, 11) is 0. The number of aromatic nitrogens is 3. The molecule has 10 nitrogen and oxygen atoms in total. The number of amides is 2. The predicted molar refractivity (Wildman–Crippen MR) is 146 cm³/mol. The molecule has 0 aliphatic carbocycles. The van der Waals surface area contributed by atoms with Crippen LogP contribution in [-0.2, 0) is 16.1 Å². The molecule has 2 aliphatic rings. The first-order valence-corrected chi connectivity index (χ1v) is 13.4. The van der Waals surface area contributed by atoms with Crippen LogP contribution in [0.15, 0.2) is 42.6 Å². The van der Waals surface area contributed by atoms with Gasteiger partial charge in [-0.1, -0.05) is 29.8 Å². The lowest BCUT2D eigenvalue weighted by molar-refractivity contribution is -0.123. The van der Waals surface area contributed by atoms with Crippen molar-refractivity contribution >= 4 is 29.4 Å². The fraction of sp³-hybridized carbons (Fsp3) is 0.393. The average molecular weight is 551 g/mol. The molecule has 2 amide bonds. The molecule has 39 heavy (non-hydrogen) atoms. The van der Waals surface area contributed by atoms with E-state index in [2.05, 4.69) is 25.6 Å². The molecule has 2 aromatic heterocycles. The summed E-state index contributed by atoms with van der Waals surface area (Å²) in [5.41, 5.74) is 3.88. The van der Waals surface area contributed by atoms with Gasteiger partial charge in [0, 0.05) is 42.6 Å². The number of hydrogen-bond donors (Lipinski definition) is 3. The van der Waals surface area contributed by atoms with Gasteiger partial charge in [0.25, 0.3) is 5.91 Å². The molecule has 204 valence electrons. The molecule has 2 aliphatic heterocycles. The third kappa shape index (κ3) is 6.19. The highest BCUT2D eigenvalue weighted by molar-refractivity contribution is 6.33. The second kappa shape index (κ2) is 11.6. The Hall–Kier alpha value is -3.60. The first-order chi connectivity index (χ1) is 18.8. The van der Waals surface area contributed by atoms with Gasteiger partial charge in [0.2, 0.25) is 11.9 Å². The van der Waals surface area contributed by atoms with E-state index >= 15 is 0 Å². The Kier molecular flexibility index (Phi) is 8.06. The normalized spacial score (nSPS) is 17.0. The number of pyridine rings is 1. The lowest BCUT2D eigenvalue weighted by atomic mass is 10.0. The number of nitrogens with zero attached hydrogens (tertiary/aromatic N) is 4. The van der Waals surface area contributed by atoms with Gasteiger partial charge in [0.1, 0.15) is 6.54 Å². The maximum Gasteiger partial charge on any atom is 0.254 e. The van der Waals surface area contributed by atoms with Gasteiger partial charge in [-0.15, -0.1) is 0 Å². The number of ether oxygens (including phenoxy) is 1. The molecule has 4 heterocycles. The van der Waals surface area contributed by atoms with Gasteiger partial charge in [0.05, 0.1) is 34.8 Å². The Balaban J connectivity index is 1.28. The molecule has 0 radical (unpaired) electrons. The fourth-order valence-electron chi connectivity index (χ4n) is 4.87. The lowest BCUT2D eigenvalue weighted by Gasteiger charge is -2.23. The zero-order valence-corrected chi connectivity index (χ0v) is 22.6. The summed E-state index contributed by atoms with van der Waals surface area (Å²) < 4.78 is 5.41. The second-order valence-corrected chi connectivity index (χ2v) is 10.4. The van der Waals surface area contributed by atoms with E-state index in [-0.39, 0.29) is 24.4 Å². The van der Waals surface area contributed by atoms with Crippen molar-refractivity contribution in [3.63, 3.8) is 0 Å². The maximum absolute atomic E-state index is 13.3. The number of hydrogen-bond acceptors (Lipinski definition) is 8. The Labute approximate surface area is 231 Å². The van der Waals surface area contributed by atoms with Gasteiger partial charge in [-0.25, -0.2) is 9.97 Å². The summed E-state index contributed by atoms with van der Waals surface area (Å²) in [5.74, 6) is -0.162. The van der Waals surface area contributed by atoms with Gasteiger partial charge < -0.3 is 25.4 Å². The number of aliphatic hydroxyl groups excluding tert-OH is 1. The number of rotatable bonds is 8. The number of aliphatic hydroxyl groups is 1. The van der Waals surface area contributed by atoms with Crippen molar-refractivity contribution in [3.8, 4) is 11.3 Å². The summed E-state index contributed by atoms with van der Waals surface area (Å²) in [6.07, 6.45) is 2.44. The molecule has 1 fully saturated rings. The second-order valence-electron chi connectivity index (χ2n) is 9.94. The molecule has 3 aromatic rings. The zero-order chi connectivity index (χ0) is 27.5. The Morgan fingerprint density at radius 1 is 1.23 bits per heavy atom. The predicted octanol–water partition coefficient (Wildman–Crippen LogP) is 3.29. The number of anilines is 1. The lowest BCUT2D eigenvalue weighted by Crippen LogP contribution is -2.42. The quantitative estimate of drug-likeness (QED) is 0.389. The van der Waals surface area contributed by atoms with Crippen LogP contribution >= 0.6 is 11.6 Å². The van der Waals surface area contributed by atoms with E-state index in [1.807, 2.05) is 31.2 Å². The summed E-state index contributed by atoms with van der Waals surface area (Å²) >= 11 is 6.45. The van der Waals surface area contributed by atoms with Crippen molar-refractivity contribution in [1.82, 2.24) is 25.2 Å². The van der Waals surface area contributed by atoms with Gasteiger partial charge >= 0.3 is 0 Å². The van der Waals surface area contributed by atoms with Crippen LogP contribution in [0.5, 0.6) is 0 Å². The van der Waals surface area contributed by atoms with E-state index in [1.54, 1.807) is 25.3 Å². The topological polar surface area (TPSA) is 130 Å². The van der Waals surface area contributed by atoms with Crippen LogP contribution in [0, 0.1) is 6.92 Å². The van der Waals surface area contributed by atoms with Crippen LogP contribution in [0.4, 0.5) is 5.95 Å². The minimum atomic E-state index is -0.860. The monoisotopic (exact) mass is 550 g/mol. The molecule has 0 saturated carbocycles. The highest BCUT2D eigenvalue weighted by Crippen LogP contribution is 2.31. The maximum atomic E-state index is 13.3. The number of halogens is 1. The number of carbonyl (C=O) groups is 2. The van der Waals surface area contributed by atoms with Gasteiger partial charge in [0.15, 0.2) is 0 Å². The van der Waals surface area contributed by atoms with Gasteiger partial charge in [-0.2, -0.15) is 0 Å².